The van der Waals surface area contributed by atoms with Crippen molar-refractivity contribution >= 4 is 68.8 Å². The van der Waals surface area contributed by atoms with Crippen LogP contribution in [0.1, 0.15) is 0 Å². The van der Waals surface area contributed by atoms with E-state index in [4.69, 9.17) is 4.74 Å². The molecule has 0 amide bonds. The van der Waals surface area contributed by atoms with Crippen molar-refractivity contribution in [2.45, 2.75) is 0 Å². The summed E-state index contributed by atoms with van der Waals surface area (Å²) in [5, 5.41) is 19.4. The molecule has 3 nitrogen and oxygen atoms in total. The van der Waals surface area contributed by atoms with Crippen LogP contribution in [-0.4, -0.2) is 25.0 Å². The van der Waals surface area contributed by atoms with Crippen molar-refractivity contribution in [1.82, 2.24) is 4.57 Å². The third kappa shape index (κ3) is 6.43. The lowest BCUT2D eigenvalue weighted by Gasteiger charge is -2.36. The van der Waals surface area contributed by atoms with Gasteiger partial charge in [-0.05, 0) is 108 Å². The zero-order valence-corrected chi connectivity index (χ0v) is 36.5. The van der Waals surface area contributed by atoms with Crippen LogP contribution in [0.3, 0.4) is 0 Å². The highest BCUT2D eigenvalue weighted by molar-refractivity contribution is 7.20. The molecular weight excluding hydrogens is 806 g/mol. The first-order valence-electron chi connectivity index (χ1n) is 22.1. The van der Waals surface area contributed by atoms with Crippen LogP contribution in [0.25, 0.3) is 60.9 Å². The molecule has 5 heteroatoms. The largest absolute Gasteiger partial charge is 0.507 e. The molecule has 10 aromatic carbocycles. The van der Waals surface area contributed by atoms with Crippen LogP contribution in [0.15, 0.2) is 243 Å². The highest BCUT2D eigenvalue weighted by Crippen LogP contribution is 2.38. The third-order valence-corrected chi connectivity index (χ3v) is 18.0. The zero-order chi connectivity index (χ0) is 43.3. The number of benzene rings is 10. The summed E-state index contributed by atoms with van der Waals surface area (Å²) in [5.41, 5.74) is 11.4. The van der Waals surface area contributed by atoms with E-state index in [-0.39, 0.29) is 5.75 Å². The van der Waals surface area contributed by atoms with Gasteiger partial charge in [0.1, 0.15) is 17.2 Å². The molecule has 11 aromatic rings. The van der Waals surface area contributed by atoms with Crippen molar-refractivity contribution in [3.8, 4) is 56.3 Å². The van der Waals surface area contributed by atoms with Gasteiger partial charge in [0.05, 0.1) is 11.0 Å². The molecule has 1 aliphatic rings. The molecule has 0 bridgehead atoms. The summed E-state index contributed by atoms with van der Waals surface area (Å²) in [5.74, 6) is 1.76. The minimum atomic E-state index is -2.86. The first kappa shape index (κ1) is 38.5. The highest BCUT2D eigenvalue weighted by Gasteiger charge is 2.43. The van der Waals surface area contributed by atoms with E-state index in [1.807, 2.05) is 18.2 Å². The quantitative estimate of drug-likeness (QED) is 0.122. The Balaban J connectivity index is 0.928. The fraction of sp³-hybridized carbons (Fsp3) is 0. The Bertz CT molecular complexity index is 3420. The van der Waals surface area contributed by atoms with Crippen LogP contribution in [0, 0.1) is 0 Å². The summed E-state index contributed by atoms with van der Waals surface area (Å²) >= 11 is 0. The summed E-state index contributed by atoms with van der Waals surface area (Å²) in [6.45, 7) is 0. The number of phenolic OH excluding ortho intramolecular Hbond substituents is 1. The van der Waals surface area contributed by atoms with Gasteiger partial charge in [0, 0.05) is 22.0 Å². The molecule has 0 atom stereocenters. The van der Waals surface area contributed by atoms with Crippen molar-refractivity contribution in [2.75, 3.05) is 0 Å². The Hall–Kier alpha value is -8.12. The van der Waals surface area contributed by atoms with Crippen molar-refractivity contribution in [1.29, 1.82) is 0 Å². The van der Waals surface area contributed by atoms with Gasteiger partial charge in [0.2, 0.25) is 7.28 Å². The van der Waals surface area contributed by atoms with Gasteiger partial charge < -0.3 is 14.4 Å². The smallest absolute Gasteiger partial charge is 0.202 e. The Morgan fingerprint density at radius 2 is 0.954 bits per heavy atom. The van der Waals surface area contributed by atoms with Gasteiger partial charge in [-0.25, -0.2) is 0 Å². The van der Waals surface area contributed by atoms with Crippen molar-refractivity contribution in [2.24, 2.45) is 0 Å². The number of aromatic hydroxyl groups is 1. The molecular formula is C60H41BNO2Si. The minimum Gasteiger partial charge on any atom is -0.507 e. The molecule has 0 aliphatic carbocycles. The molecule has 1 radical (unpaired) electrons. The summed E-state index contributed by atoms with van der Waals surface area (Å²) in [4.78, 5) is 0. The Morgan fingerprint density at radius 3 is 1.63 bits per heavy atom. The number of rotatable bonds is 8. The van der Waals surface area contributed by atoms with Crippen LogP contribution in [0.2, 0.25) is 0 Å². The lowest BCUT2D eigenvalue weighted by Crippen LogP contribution is -2.75. The van der Waals surface area contributed by atoms with E-state index in [0.717, 1.165) is 61.5 Å². The third-order valence-electron chi connectivity index (χ3n) is 13.2. The SMILES string of the molecule is Oc1ccc(-c2ccccc2[Si](c2ccccc2)(c2ccccc2)c2ccccc2)cc1-c1cccc2c1[B]c1ccc(-c3cccc(-n4c5ccccc5c5ccccc54)c3)cc1O2. The summed E-state index contributed by atoms with van der Waals surface area (Å²) < 4.78 is 9.13. The fourth-order valence-electron chi connectivity index (χ4n) is 10.2. The van der Waals surface area contributed by atoms with E-state index < -0.39 is 8.07 Å². The second-order valence-corrected chi connectivity index (χ2v) is 20.5. The topological polar surface area (TPSA) is 34.4 Å². The molecule has 0 fully saturated rings. The summed E-state index contributed by atoms with van der Waals surface area (Å²) in [6.07, 6.45) is 0. The van der Waals surface area contributed by atoms with Crippen LogP contribution in [0.5, 0.6) is 17.2 Å². The minimum absolute atomic E-state index is 0.218. The number of nitrogens with zero attached hydrogens (tertiary/aromatic N) is 1. The second-order valence-electron chi connectivity index (χ2n) is 16.8. The van der Waals surface area contributed by atoms with Gasteiger partial charge in [-0.3, -0.25) is 0 Å². The molecule has 0 unspecified atom stereocenters. The van der Waals surface area contributed by atoms with E-state index in [0.29, 0.717) is 0 Å². The van der Waals surface area contributed by atoms with Gasteiger partial charge in [0.25, 0.3) is 0 Å². The standard InChI is InChI=1S/C60H41BNO2Si/c63-56-37-35-43(48-26-12-15-33-59(48)65(45-20-4-1-5-21-45,46-22-6-2-7-23-46)47-24-8-3-9-25-47)39-52(56)51-29-17-32-57-60(51)61-53-36-34-42(40-58(53)64-57)41-18-16-19-44(38-41)62-54-30-13-10-27-49(54)50-28-11-14-31-55(50)62/h1-40,63H. The first-order chi connectivity index (χ1) is 32.1. The molecule has 1 aliphatic heterocycles. The molecule has 65 heavy (non-hydrogen) atoms. The van der Waals surface area contributed by atoms with Gasteiger partial charge >= 0.3 is 0 Å². The second kappa shape index (κ2) is 15.9. The van der Waals surface area contributed by atoms with Gasteiger partial charge in [-0.15, -0.1) is 0 Å². The number of para-hydroxylation sites is 2. The van der Waals surface area contributed by atoms with E-state index >= 15 is 0 Å². The summed E-state index contributed by atoms with van der Waals surface area (Å²) in [7, 11) is -0.665. The summed E-state index contributed by atoms with van der Waals surface area (Å²) in [6, 6.07) is 86.5. The number of ether oxygens (including phenoxy) is 1. The number of fused-ring (bicyclic) bond motifs is 5. The number of aromatic nitrogens is 1. The molecule has 1 N–H and O–H groups in total. The Morgan fingerprint density at radius 1 is 0.400 bits per heavy atom. The van der Waals surface area contributed by atoms with Crippen LogP contribution in [0.4, 0.5) is 0 Å². The number of hydrogen-bond donors (Lipinski definition) is 1. The fourth-order valence-corrected chi connectivity index (χ4v) is 15.2. The van der Waals surface area contributed by atoms with E-state index in [1.54, 1.807) is 0 Å². The molecule has 0 saturated heterocycles. The molecule has 0 saturated carbocycles. The number of phenols is 1. The van der Waals surface area contributed by atoms with E-state index in [9.17, 15) is 5.11 Å². The Labute approximate surface area is 380 Å². The normalized spacial score (nSPS) is 12.0. The molecule has 305 valence electrons. The lowest BCUT2D eigenvalue weighted by molar-refractivity contribution is 0.477. The van der Waals surface area contributed by atoms with Crippen molar-refractivity contribution in [3.63, 3.8) is 0 Å². The predicted octanol–water partition coefficient (Wildman–Crippen LogP) is 10.6. The van der Waals surface area contributed by atoms with E-state index in [1.165, 1.54) is 42.6 Å². The van der Waals surface area contributed by atoms with Crippen molar-refractivity contribution < 1.29 is 9.84 Å². The molecule has 0 spiro atoms. The highest BCUT2D eigenvalue weighted by atomic mass is 28.3. The first-order valence-corrected chi connectivity index (χ1v) is 24.1. The van der Waals surface area contributed by atoms with E-state index in [2.05, 4.69) is 236 Å². The van der Waals surface area contributed by atoms with Gasteiger partial charge in [-0.2, -0.15) is 0 Å². The average Bonchev–Trinajstić information content (AvgIpc) is 3.71. The predicted molar refractivity (Wildman–Crippen MR) is 274 cm³/mol. The molecule has 12 rings (SSSR count). The molecule has 2 heterocycles. The van der Waals surface area contributed by atoms with Crippen LogP contribution < -0.4 is 36.4 Å². The zero-order valence-electron chi connectivity index (χ0n) is 35.5. The van der Waals surface area contributed by atoms with Gasteiger partial charge in [-0.1, -0.05) is 194 Å². The number of hydrogen-bond acceptors (Lipinski definition) is 2. The van der Waals surface area contributed by atoms with Crippen LogP contribution in [-0.2, 0) is 0 Å². The molecule has 1 aromatic heterocycles. The Kier molecular flexibility index (Phi) is 9.43. The average molecular weight is 847 g/mol. The maximum absolute atomic E-state index is 11.7. The van der Waals surface area contributed by atoms with Crippen LogP contribution >= 0.6 is 0 Å². The van der Waals surface area contributed by atoms with Crippen molar-refractivity contribution in [3.05, 3.63) is 243 Å². The lowest BCUT2D eigenvalue weighted by atomic mass is 9.59. The maximum atomic E-state index is 11.7. The maximum Gasteiger partial charge on any atom is 0.202 e. The van der Waals surface area contributed by atoms with Gasteiger partial charge in [0.15, 0.2) is 8.07 Å². The monoisotopic (exact) mass is 846 g/mol.